The number of aromatic nitrogens is 1. The number of terminal acetylenes is 1. The highest BCUT2D eigenvalue weighted by Gasteiger charge is 2.08. The first-order valence-electron chi connectivity index (χ1n) is 3.99. The molecule has 68 valence electrons. The molecule has 1 atom stereocenters. The van der Waals surface area contributed by atoms with E-state index in [9.17, 15) is 4.39 Å². The smallest absolute Gasteiger partial charge is 0.141 e. The molecule has 0 radical (unpaired) electrons. The molecule has 0 aliphatic carbocycles. The lowest BCUT2D eigenvalue weighted by Crippen LogP contribution is -2.16. The zero-order chi connectivity index (χ0) is 9.68. The Morgan fingerprint density at radius 3 is 3.00 bits per heavy atom. The van der Waals surface area contributed by atoms with E-state index < -0.39 is 0 Å². The maximum atomic E-state index is 12.8. The molecular formula is C10H11FN2. The van der Waals surface area contributed by atoms with Crippen LogP contribution in [-0.4, -0.2) is 12.0 Å². The van der Waals surface area contributed by atoms with E-state index in [1.165, 1.54) is 12.3 Å². The highest BCUT2D eigenvalue weighted by molar-refractivity contribution is 5.16. The average Bonchev–Trinajstić information content (AvgIpc) is 2.14. The molecule has 1 rings (SSSR count). The zero-order valence-corrected chi connectivity index (χ0v) is 7.42. The molecule has 0 saturated heterocycles. The van der Waals surface area contributed by atoms with Gasteiger partial charge < -0.3 is 5.32 Å². The second kappa shape index (κ2) is 4.58. The summed E-state index contributed by atoms with van der Waals surface area (Å²) < 4.78 is 12.8. The van der Waals surface area contributed by atoms with Crippen LogP contribution in [-0.2, 0) is 0 Å². The van der Waals surface area contributed by atoms with Gasteiger partial charge in [0.2, 0.25) is 0 Å². The third-order valence-corrected chi connectivity index (χ3v) is 1.80. The number of halogens is 1. The van der Waals surface area contributed by atoms with Gasteiger partial charge in [-0.1, -0.05) is 0 Å². The first kappa shape index (κ1) is 9.69. The zero-order valence-electron chi connectivity index (χ0n) is 7.42. The maximum Gasteiger partial charge on any atom is 0.141 e. The third kappa shape index (κ3) is 2.53. The molecule has 0 saturated carbocycles. The lowest BCUT2D eigenvalue weighted by Gasteiger charge is -2.12. The third-order valence-electron chi connectivity index (χ3n) is 1.80. The van der Waals surface area contributed by atoms with E-state index in [4.69, 9.17) is 6.42 Å². The number of nitrogens with one attached hydrogen (secondary N) is 1. The highest BCUT2D eigenvalue weighted by atomic mass is 19.1. The van der Waals surface area contributed by atoms with Crippen LogP contribution in [0.15, 0.2) is 18.5 Å². The number of hydrogen-bond acceptors (Lipinski definition) is 2. The standard InChI is InChI=1S/C10H11FN2/c1-3-4-10(12-2)8-5-9(11)7-13-6-8/h1,5-7,10,12H,4H2,2H3. The Morgan fingerprint density at radius 1 is 1.69 bits per heavy atom. The van der Waals surface area contributed by atoms with E-state index in [0.29, 0.717) is 6.42 Å². The lowest BCUT2D eigenvalue weighted by molar-refractivity contribution is 0.584. The molecule has 1 aromatic rings. The van der Waals surface area contributed by atoms with Crippen LogP contribution in [0.2, 0.25) is 0 Å². The topological polar surface area (TPSA) is 24.9 Å². The molecule has 13 heavy (non-hydrogen) atoms. The summed E-state index contributed by atoms with van der Waals surface area (Å²) in [4.78, 5) is 3.75. The molecule has 0 aromatic carbocycles. The van der Waals surface area contributed by atoms with Crippen molar-refractivity contribution in [3.8, 4) is 12.3 Å². The van der Waals surface area contributed by atoms with Crippen molar-refractivity contribution in [3.63, 3.8) is 0 Å². The summed E-state index contributed by atoms with van der Waals surface area (Å²) in [6.07, 6.45) is 8.49. The summed E-state index contributed by atoms with van der Waals surface area (Å²) >= 11 is 0. The maximum absolute atomic E-state index is 12.8. The minimum Gasteiger partial charge on any atom is -0.312 e. The number of nitrogens with zero attached hydrogens (tertiary/aromatic N) is 1. The quantitative estimate of drug-likeness (QED) is 0.709. The van der Waals surface area contributed by atoms with Crippen LogP contribution in [0, 0.1) is 18.2 Å². The summed E-state index contributed by atoms with van der Waals surface area (Å²) in [7, 11) is 1.78. The normalized spacial score (nSPS) is 12.1. The molecule has 0 fully saturated rings. The largest absolute Gasteiger partial charge is 0.312 e. The Balaban J connectivity index is 2.86. The molecule has 1 aromatic heterocycles. The monoisotopic (exact) mass is 178 g/mol. The summed E-state index contributed by atoms with van der Waals surface area (Å²) in [6.45, 7) is 0. The fourth-order valence-electron chi connectivity index (χ4n) is 1.12. The molecule has 0 aliphatic heterocycles. The average molecular weight is 178 g/mol. The number of rotatable bonds is 3. The van der Waals surface area contributed by atoms with Crippen molar-refractivity contribution in [2.24, 2.45) is 0 Å². The first-order valence-corrected chi connectivity index (χ1v) is 3.99. The molecule has 0 spiro atoms. The predicted octanol–water partition coefficient (Wildman–Crippen LogP) is 1.50. The molecule has 1 N–H and O–H groups in total. The van der Waals surface area contributed by atoms with Crippen molar-refractivity contribution in [1.29, 1.82) is 0 Å². The van der Waals surface area contributed by atoms with Gasteiger partial charge in [-0.2, -0.15) is 0 Å². The van der Waals surface area contributed by atoms with Crippen LogP contribution < -0.4 is 5.32 Å². The Kier molecular flexibility index (Phi) is 3.41. The second-order valence-electron chi connectivity index (χ2n) is 2.69. The molecule has 2 nitrogen and oxygen atoms in total. The fraction of sp³-hybridized carbons (Fsp3) is 0.300. The van der Waals surface area contributed by atoms with E-state index in [0.717, 1.165) is 5.56 Å². The van der Waals surface area contributed by atoms with Crippen molar-refractivity contribution in [2.75, 3.05) is 7.05 Å². The Bertz CT molecular complexity index is 317. The lowest BCUT2D eigenvalue weighted by atomic mass is 10.1. The summed E-state index contributed by atoms with van der Waals surface area (Å²) in [5.74, 6) is 2.19. The molecule has 1 heterocycles. The van der Waals surface area contributed by atoms with Crippen LogP contribution in [0.25, 0.3) is 0 Å². The molecular weight excluding hydrogens is 167 g/mol. The SMILES string of the molecule is C#CCC(NC)c1cncc(F)c1. The van der Waals surface area contributed by atoms with Gasteiger partial charge >= 0.3 is 0 Å². The Hall–Kier alpha value is -1.40. The van der Waals surface area contributed by atoms with Crippen molar-refractivity contribution < 1.29 is 4.39 Å². The fourth-order valence-corrected chi connectivity index (χ4v) is 1.12. The number of hydrogen-bond donors (Lipinski definition) is 1. The summed E-state index contributed by atoms with van der Waals surface area (Å²) in [5.41, 5.74) is 0.778. The van der Waals surface area contributed by atoms with Crippen molar-refractivity contribution in [1.82, 2.24) is 10.3 Å². The van der Waals surface area contributed by atoms with Gasteiger partial charge in [-0.3, -0.25) is 4.98 Å². The van der Waals surface area contributed by atoms with E-state index in [1.807, 2.05) is 0 Å². The van der Waals surface area contributed by atoms with Gasteiger partial charge in [0.25, 0.3) is 0 Å². The summed E-state index contributed by atoms with van der Waals surface area (Å²) in [6, 6.07) is 1.42. The highest BCUT2D eigenvalue weighted by Crippen LogP contribution is 2.14. The van der Waals surface area contributed by atoms with Crippen LogP contribution >= 0.6 is 0 Å². The van der Waals surface area contributed by atoms with Gasteiger partial charge in [0.15, 0.2) is 0 Å². The minimum atomic E-state index is -0.338. The Morgan fingerprint density at radius 2 is 2.46 bits per heavy atom. The van der Waals surface area contributed by atoms with Crippen LogP contribution in [0.3, 0.4) is 0 Å². The Labute approximate surface area is 77.2 Å². The van der Waals surface area contributed by atoms with E-state index in [2.05, 4.69) is 16.2 Å². The molecule has 0 bridgehead atoms. The second-order valence-corrected chi connectivity index (χ2v) is 2.69. The van der Waals surface area contributed by atoms with Gasteiger partial charge in [0.05, 0.1) is 6.20 Å². The molecule has 0 amide bonds. The summed E-state index contributed by atoms with van der Waals surface area (Å²) in [5, 5.41) is 3.00. The van der Waals surface area contributed by atoms with Crippen LogP contribution in [0.1, 0.15) is 18.0 Å². The van der Waals surface area contributed by atoms with Crippen molar-refractivity contribution >= 4 is 0 Å². The number of pyridine rings is 1. The van der Waals surface area contributed by atoms with Crippen LogP contribution in [0.5, 0.6) is 0 Å². The van der Waals surface area contributed by atoms with Gasteiger partial charge in [-0.25, -0.2) is 4.39 Å². The van der Waals surface area contributed by atoms with E-state index in [1.54, 1.807) is 13.2 Å². The first-order chi connectivity index (χ1) is 6.27. The van der Waals surface area contributed by atoms with Crippen molar-refractivity contribution in [3.05, 3.63) is 29.8 Å². The van der Waals surface area contributed by atoms with Crippen LogP contribution in [0.4, 0.5) is 4.39 Å². The van der Waals surface area contributed by atoms with E-state index in [-0.39, 0.29) is 11.9 Å². The van der Waals surface area contributed by atoms with Gasteiger partial charge in [0, 0.05) is 18.7 Å². The van der Waals surface area contributed by atoms with Gasteiger partial charge in [-0.05, 0) is 18.7 Å². The molecule has 3 heteroatoms. The van der Waals surface area contributed by atoms with E-state index >= 15 is 0 Å². The molecule has 1 unspecified atom stereocenters. The van der Waals surface area contributed by atoms with Gasteiger partial charge in [-0.15, -0.1) is 12.3 Å². The van der Waals surface area contributed by atoms with Gasteiger partial charge in [0.1, 0.15) is 5.82 Å². The minimum absolute atomic E-state index is 0.0202. The predicted molar refractivity (Wildman–Crippen MR) is 49.4 cm³/mol. The molecule has 0 aliphatic rings. The van der Waals surface area contributed by atoms with Crippen molar-refractivity contribution in [2.45, 2.75) is 12.5 Å².